The normalized spacial score (nSPS) is 13.3. The number of anilines is 2. The van der Waals surface area contributed by atoms with Crippen molar-refractivity contribution in [2.75, 3.05) is 17.2 Å². The molecule has 182 valence electrons. The molecule has 8 nitrogen and oxygen atoms in total. The van der Waals surface area contributed by atoms with Crippen LogP contribution in [0.5, 0.6) is 0 Å². The van der Waals surface area contributed by atoms with Crippen LogP contribution in [0.2, 0.25) is 0 Å². The number of aromatic nitrogens is 3. The van der Waals surface area contributed by atoms with E-state index in [2.05, 4.69) is 30.9 Å². The number of amides is 3. The van der Waals surface area contributed by atoms with Gasteiger partial charge in [-0.25, -0.2) is 14.2 Å². The first kappa shape index (κ1) is 24.3. The molecule has 0 bridgehead atoms. The zero-order chi connectivity index (χ0) is 25.0. The first-order valence-electron chi connectivity index (χ1n) is 11.6. The largest absolute Gasteiger partial charge is 0.338 e. The molecule has 9 heteroatoms. The van der Waals surface area contributed by atoms with Crippen molar-refractivity contribution in [1.82, 2.24) is 20.3 Å². The standard InChI is InChI=1S/C26H29FN6O2/c1-16-21(14-20(15-31-16)32-25(35)30-11-8-26(2,3)27)18-6-9-28-22(12-18)19-7-10-29-23(13-19)33-24(34)17-4-5-17/h6-7,9-10,12-15,17H,4-5,8,11H2,1-3H3,(H,29,33,34)(H2,30,32,35). The number of carbonyl (C=O) groups is 2. The highest BCUT2D eigenvalue weighted by molar-refractivity contribution is 5.93. The first-order chi connectivity index (χ1) is 16.7. The average molecular weight is 477 g/mol. The van der Waals surface area contributed by atoms with E-state index in [9.17, 15) is 14.0 Å². The second-order valence-electron chi connectivity index (χ2n) is 9.33. The van der Waals surface area contributed by atoms with Gasteiger partial charge in [-0.2, -0.15) is 0 Å². The lowest BCUT2D eigenvalue weighted by molar-refractivity contribution is -0.117. The smallest absolute Gasteiger partial charge is 0.319 e. The third-order valence-corrected chi connectivity index (χ3v) is 5.68. The molecule has 3 aromatic heterocycles. The predicted octanol–water partition coefficient (Wildman–Crippen LogP) is 5.12. The van der Waals surface area contributed by atoms with Crippen LogP contribution < -0.4 is 16.0 Å². The average Bonchev–Trinajstić information content (AvgIpc) is 3.65. The summed E-state index contributed by atoms with van der Waals surface area (Å²) < 4.78 is 13.6. The van der Waals surface area contributed by atoms with Crippen molar-refractivity contribution >= 4 is 23.4 Å². The maximum Gasteiger partial charge on any atom is 0.319 e. The molecule has 35 heavy (non-hydrogen) atoms. The summed E-state index contributed by atoms with van der Waals surface area (Å²) in [6.07, 6.45) is 7.00. The highest BCUT2D eigenvalue weighted by Crippen LogP contribution is 2.31. The predicted molar refractivity (Wildman–Crippen MR) is 134 cm³/mol. The zero-order valence-electron chi connectivity index (χ0n) is 20.1. The maximum atomic E-state index is 13.6. The number of nitrogens with zero attached hydrogens (tertiary/aromatic N) is 3. The molecular formula is C26H29FN6O2. The molecule has 3 amide bonds. The van der Waals surface area contributed by atoms with Crippen LogP contribution in [0.3, 0.4) is 0 Å². The van der Waals surface area contributed by atoms with Gasteiger partial charge in [0.1, 0.15) is 11.5 Å². The van der Waals surface area contributed by atoms with Gasteiger partial charge in [0.05, 0.1) is 17.6 Å². The molecule has 1 saturated carbocycles. The third-order valence-electron chi connectivity index (χ3n) is 5.68. The van der Waals surface area contributed by atoms with Gasteiger partial charge in [-0.1, -0.05) is 0 Å². The van der Waals surface area contributed by atoms with Gasteiger partial charge in [-0.05, 0) is 75.9 Å². The van der Waals surface area contributed by atoms with Crippen LogP contribution in [0.25, 0.3) is 22.4 Å². The number of aryl methyl sites for hydroxylation is 1. The lowest BCUT2D eigenvalue weighted by atomic mass is 10.0. The Bertz CT molecular complexity index is 1240. The minimum absolute atomic E-state index is 0.000169. The number of rotatable bonds is 8. The van der Waals surface area contributed by atoms with Gasteiger partial charge in [-0.15, -0.1) is 0 Å². The van der Waals surface area contributed by atoms with Crippen LogP contribution >= 0.6 is 0 Å². The van der Waals surface area contributed by atoms with E-state index in [0.717, 1.165) is 40.9 Å². The second-order valence-corrected chi connectivity index (χ2v) is 9.33. The zero-order valence-corrected chi connectivity index (χ0v) is 20.1. The van der Waals surface area contributed by atoms with Gasteiger partial charge in [0.2, 0.25) is 5.91 Å². The summed E-state index contributed by atoms with van der Waals surface area (Å²) in [5, 5.41) is 8.27. The van der Waals surface area contributed by atoms with Gasteiger partial charge < -0.3 is 16.0 Å². The molecule has 1 aliphatic rings. The van der Waals surface area contributed by atoms with Crippen molar-refractivity contribution in [2.45, 2.75) is 45.7 Å². The quantitative estimate of drug-likeness (QED) is 0.418. The van der Waals surface area contributed by atoms with Crippen molar-refractivity contribution < 1.29 is 14.0 Å². The first-order valence-corrected chi connectivity index (χ1v) is 11.6. The number of hydrogen-bond donors (Lipinski definition) is 3. The molecule has 0 spiro atoms. The lowest BCUT2D eigenvalue weighted by Crippen LogP contribution is -2.32. The van der Waals surface area contributed by atoms with Crippen molar-refractivity contribution in [2.24, 2.45) is 5.92 Å². The summed E-state index contributed by atoms with van der Waals surface area (Å²) in [6.45, 7) is 5.07. The summed E-state index contributed by atoms with van der Waals surface area (Å²) in [4.78, 5) is 37.4. The van der Waals surface area contributed by atoms with Gasteiger partial charge in [0.25, 0.3) is 0 Å². The minimum Gasteiger partial charge on any atom is -0.338 e. The monoisotopic (exact) mass is 476 g/mol. The molecule has 1 aliphatic carbocycles. The van der Waals surface area contributed by atoms with Crippen LogP contribution in [-0.4, -0.2) is 39.1 Å². The topological polar surface area (TPSA) is 109 Å². The Labute approximate surface area is 203 Å². The van der Waals surface area contributed by atoms with E-state index in [1.165, 1.54) is 13.8 Å². The Balaban J connectivity index is 1.50. The highest BCUT2D eigenvalue weighted by Gasteiger charge is 2.29. The molecule has 0 aromatic carbocycles. The van der Waals surface area contributed by atoms with Crippen molar-refractivity contribution in [3.05, 3.63) is 54.6 Å². The summed E-state index contributed by atoms with van der Waals surface area (Å²) >= 11 is 0. The maximum absolute atomic E-state index is 13.6. The van der Waals surface area contributed by atoms with E-state index in [1.54, 1.807) is 24.7 Å². The fourth-order valence-corrected chi connectivity index (χ4v) is 3.53. The summed E-state index contributed by atoms with van der Waals surface area (Å²) in [7, 11) is 0. The Kier molecular flexibility index (Phi) is 7.04. The number of alkyl halides is 1. The molecule has 0 radical (unpaired) electrons. The molecule has 0 aliphatic heterocycles. The SMILES string of the molecule is Cc1ncc(NC(=O)NCCC(C)(C)F)cc1-c1ccnc(-c2ccnc(NC(=O)C3CC3)c2)c1. The fourth-order valence-electron chi connectivity index (χ4n) is 3.53. The van der Waals surface area contributed by atoms with Crippen LogP contribution in [0.1, 0.15) is 38.8 Å². The molecule has 3 N–H and O–H groups in total. The Hall–Kier alpha value is -3.88. The number of nitrogens with one attached hydrogen (secondary N) is 3. The van der Waals surface area contributed by atoms with Crippen LogP contribution in [-0.2, 0) is 4.79 Å². The molecule has 0 atom stereocenters. The highest BCUT2D eigenvalue weighted by atomic mass is 19.1. The van der Waals surface area contributed by atoms with Gasteiger partial charge in [0, 0.05) is 41.7 Å². The molecule has 3 aromatic rings. The van der Waals surface area contributed by atoms with Crippen LogP contribution in [0, 0.1) is 12.8 Å². The summed E-state index contributed by atoms with van der Waals surface area (Å²) in [5.41, 5.74) is 3.23. The van der Waals surface area contributed by atoms with Crippen molar-refractivity contribution in [3.63, 3.8) is 0 Å². The number of urea groups is 1. The number of hydrogen-bond acceptors (Lipinski definition) is 5. The number of halogens is 1. The minimum atomic E-state index is -1.34. The lowest BCUT2D eigenvalue weighted by Gasteiger charge is -2.15. The molecule has 0 unspecified atom stereocenters. The van der Waals surface area contributed by atoms with E-state index in [4.69, 9.17) is 0 Å². The van der Waals surface area contributed by atoms with Crippen molar-refractivity contribution in [1.29, 1.82) is 0 Å². The van der Waals surface area contributed by atoms with E-state index in [-0.39, 0.29) is 24.8 Å². The van der Waals surface area contributed by atoms with Gasteiger partial charge in [-0.3, -0.25) is 14.8 Å². The second kappa shape index (κ2) is 10.2. The van der Waals surface area contributed by atoms with Gasteiger partial charge in [0.15, 0.2) is 0 Å². The van der Waals surface area contributed by atoms with E-state index < -0.39 is 11.7 Å². The van der Waals surface area contributed by atoms with E-state index in [1.807, 2.05) is 31.2 Å². The molecule has 4 rings (SSSR count). The molecular weight excluding hydrogens is 447 g/mol. The van der Waals surface area contributed by atoms with E-state index in [0.29, 0.717) is 11.5 Å². The molecule has 3 heterocycles. The molecule has 1 fully saturated rings. The number of carbonyl (C=O) groups excluding carboxylic acids is 2. The Morgan fingerprint density at radius 3 is 2.51 bits per heavy atom. The van der Waals surface area contributed by atoms with Crippen LogP contribution in [0.15, 0.2) is 48.9 Å². The van der Waals surface area contributed by atoms with E-state index >= 15 is 0 Å². The molecule has 0 saturated heterocycles. The fraction of sp³-hybridized carbons (Fsp3) is 0.346. The summed E-state index contributed by atoms with van der Waals surface area (Å²) in [6, 6.07) is 8.87. The van der Waals surface area contributed by atoms with Crippen LogP contribution in [0.4, 0.5) is 20.7 Å². The van der Waals surface area contributed by atoms with Gasteiger partial charge >= 0.3 is 6.03 Å². The third kappa shape index (κ3) is 6.81. The Morgan fingerprint density at radius 2 is 1.77 bits per heavy atom. The Morgan fingerprint density at radius 1 is 1.03 bits per heavy atom. The summed E-state index contributed by atoms with van der Waals surface area (Å²) in [5.74, 6) is 0.591. The van der Waals surface area contributed by atoms with Crippen molar-refractivity contribution in [3.8, 4) is 22.4 Å². The number of pyridine rings is 3.